The standard InChI is InChI=1S/C20H24N2O4/c1-26-16-9-7-15(8-10-16)12-22-18(13-23)19(24)17(21-20(22)25)11-14-5-3-2-4-6-14/h2-10,17-19,23-24H,11-13H2,1H3,(H,21,25)/t17-,18-,19+/m1/s1. The fraction of sp³-hybridized carbons (Fsp3) is 0.350. The SMILES string of the molecule is COc1ccc(CN2C(=O)N[C@H](Cc3ccccc3)[C@H](O)[C@H]2CO)cc1. The maximum atomic E-state index is 12.6. The summed E-state index contributed by atoms with van der Waals surface area (Å²) in [6.07, 6.45) is -0.350. The van der Waals surface area contributed by atoms with Crippen LogP contribution in [-0.2, 0) is 13.0 Å². The third-order valence-electron chi connectivity index (χ3n) is 4.77. The first kappa shape index (κ1) is 18.2. The Morgan fingerprint density at radius 3 is 2.38 bits per heavy atom. The predicted molar refractivity (Wildman–Crippen MR) is 97.9 cm³/mol. The van der Waals surface area contributed by atoms with E-state index in [1.54, 1.807) is 7.11 Å². The number of benzene rings is 2. The Kier molecular flexibility index (Phi) is 5.75. The van der Waals surface area contributed by atoms with Crippen molar-refractivity contribution in [2.24, 2.45) is 0 Å². The molecule has 2 aromatic rings. The smallest absolute Gasteiger partial charge is 0.318 e. The summed E-state index contributed by atoms with van der Waals surface area (Å²) in [7, 11) is 1.60. The molecule has 0 saturated carbocycles. The summed E-state index contributed by atoms with van der Waals surface area (Å²) in [5, 5.41) is 23.4. The molecule has 0 spiro atoms. The van der Waals surface area contributed by atoms with E-state index < -0.39 is 18.2 Å². The molecule has 6 nitrogen and oxygen atoms in total. The Balaban J connectivity index is 1.72. The van der Waals surface area contributed by atoms with Gasteiger partial charge in [-0.25, -0.2) is 4.79 Å². The van der Waals surface area contributed by atoms with E-state index in [4.69, 9.17) is 4.74 Å². The summed E-state index contributed by atoms with van der Waals surface area (Å²) in [5.74, 6) is 0.735. The second-order valence-corrected chi connectivity index (χ2v) is 6.46. The van der Waals surface area contributed by atoms with Crippen LogP contribution in [0.5, 0.6) is 5.75 Å². The molecule has 0 bridgehead atoms. The number of amides is 2. The third-order valence-corrected chi connectivity index (χ3v) is 4.77. The molecule has 0 aromatic heterocycles. The monoisotopic (exact) mass is 356 g/mol. The van der Waals surface area contributed by atoms with E-state index in [9.17, 15) is 15.0 Å². The molecule has 138 valence electrons. The number of carbonyl (C=O) groups is 1. The number of methoxy groups -OCH3 is 1. The van der Waals surface area contributed by atoms with Gasteiger partial charge in [0, 0.05) is 6.54 Å². The second-order valence-electron chi connectivity index (χ2n) is 6.46. The highest BCUT2D eigenvalue weighted by molar-refractivity contribution is 5.76. The Morgan fingerprint density at radius 1 is 1.08 bits per heavy atom. The molecule has 3 atom stereocenters. The molecule has 3 rings (SSSR count). The van der Waals surface area contributed by atoms with Crippen molar-refractivity contribution in [3.63, 3.8) is 0 Å². The normalized spacial score (nSPS) is 22.8. The number of aliphatic hydroxyl groups excluding tert-OH is 2. The summed E-state index contributed by atoms with van der Waals surface area (Å²) in [5.41, 5.74) is 1.92. The van der Waals surface area contributed by atoms with Crippen molar-refractivity contribution in [3.05, 3.63) is 65.7 Å². The number of ether oxygens (including phenoxy) is 1. The van der Waals surface area contributed by atoms with E-state index in [0.717, 1.165) is 16.9 Å². The van der Waals surface area contributed by atoms with Gasteiger partial charge in [-0.05, 0) is 29.7 Å². The van der Waals surface area contributed by atoms with Crippen molar-refractivity contribution in [2.45, 2.75) is 31.2 Å². The second kappa shape index (κ2) is 8.21. The minimum Gasteiger partial charge on any atom is -0.497 e. The van der Waals surface area contributed by atoms with Gasteiger partial charge in [-0.1, -0.05) is 42.5 Å². The molecule has 0 aliphatic carbocycles. The van der Waals surface area contributed by atoms with E-state index in [2.05, 4.69) is 5.32 Å². The predicted octanol–water partition coefficient (Wildman–Crippen LogP) is 1.55. The van der Waals surface area contributed by atoms with Crippen molar-refractivity contribution in [2.75, 3.05) is 13.7 Å². The van der Waals surface area contributed by atoms with Crippen LogP contribution in [0.1, 0.15) is 11.1 Å². The molecule has 1 aliphatic rings. The van der Waals surface area contributed by atoms with Gasteiger partial charge >= 0.3 is 6.03 Å². The van der Waals surface area contributed by atoms with Crippen LogP contribution in [0.2, 0.25) is 0 Å². The largest absolute Gasteiger partial charge is 0.497 e. The van der Waals surface area contributed by atoms with Crippen LogP contribution >= 0.6 is 0 Å². The third kappa shape index (κ3) is 3.98. The first-order valence-corrected chi connectivity index (χ1v) is 8.65. The Labute approximate surface area is 153 Å². The molecule has 1 aliphatic heterocycles. The van der Waals surface area contributed by atoms with Gasteiger partial charge in [-0.15, -0.1) is 0 Å². The minimum absolute atomic E-state index is 0.286. The number of rotatable bonds is 6. The van der Waals surface area contributed by atoms with E-state index in [0.29, 0.717) is 13.0 Å². The maximum absolute atomic E-state index is 12.6. The van der Waals surface area contributed by atoms with Gasteiger partial charge in [0.05, 0.1) is 31.9 Å². The van der Waals surface area contributed by atoms with Crippen molar-refractivity contribution in [1.82, 2.24) is 10.2 Å². The Hall–Kier alpha value is -2.57. The number of nitrogens with one attached hydrogen (secondary N) is 1. The number of nitrogens with zero attached hydrogens (tertiary/aromatic N) is 1. The molecule has 0 unspecified atom stereocenters. The lowest BCUT2D eigenvalue weighted by atomic mass is 9.93. The van der Waals surface area contributed by atoms with E-state index in [1.807, 2.05) is 54.6 Å². The van der Waals surface area contributed by atoms with Gasteiger partial charge in [0.15, 0.2) is 0 Å². The number of aliphatic hydroxyl groups is 2. The average molecular weight is 356 g/mol. The molecular weight excluding hydrogens is 332 g/mol. The van der Waals surface area contributed by atoms with Gasteiger partial charge in [0.25, 0.3) is 0 Å². The Bertz CT molecular complexity index is 720. The van der Waals surface area contributed by atoms with Crippen LogP contribution < -0.4 is 10.1 Å². The molecule has 1 fully saturated rings. The molecule has 0 radical (unpaired) electrons. The molecule has 26 heavy (non-hydrogen) atoms. The molecular formula is C20H24N2O4. The summed E-state index contributed by atoms with van der Waals surface area (Å²) in [4.78, 5) is 14.1. The fourth-order valence-corrected chi connectivity index (χ4v) is 3.29. The summed E-state index contributed by atoms with van der Waals surface area (Å²) in [6, 6.07) is 15.7. The fourth-order valence-electron chi connectivity index (χ4n) is 3.29. The van der Waals surface area contributed by atoms with Crippen LogP contribution in [0.3, 0.4) is 0 Å². The molecule has 3 N–H and O–H groups in total. The lowest BCUT2D eigenvalue weighted by Gasteiger charge is -2.43. The summed E-state index contributed by atoms with van der Waals surface area (Å²) in [6.45, 7) is 0.00615. The number of hydrogen-bond donors (Lipinski definition) is 3. The zero-order valence-corrected chi connectivity index (χ0v) is 14.7. The van der Waals surface area contributed by atoms with Gasteiger partial charge < -0.3 is 25.2 Å². The molecule has 1 saturated heterocycles. The number of hydrogen-bond acceptors (Lipinski definition) is 4. The van der Waals surface area contributed by atoms with Crippen LogP contribution in [0, 0.1) is 0 Å². The topological polar surface area (TPSA) is 82.0 Å². The first-order chi connectivity index (χ1) is 12.6. The molecule has 1 heterocycles. The summed E-state index contributed by atoms with van der Waals surface area (Å²) < 4.78 is 5.14. The summed E-state index contributed by atoms with van der Waals surface area (Å²) >= 11 is 0. The van der Waals surface area contributed by atoms with Crippen molar-refractivity contribution < 1.29 is 19.7 Å². The molecule has 6 heteroatoms. The van der Waals surface area contributed by atoms with Gasteiger partial charge in [-0.2, -0.15) is 0 Å². The highest BCUT2D eigenvalue weighted by atomic mass is 16.5. The van der Waals surface area contributed by atoms with Gasteiger partial charge in [0.2, 0.25) is 0 Å². The minimum atomic E-state index is -0.865. The number of urea groups is 1. The molecule has 2 aromatic carbocycles. The van der Waals surface area contributed by atoms with Gasteiger partial charge in [0.1, 0.15) is 5.75 Å². The van der Waals surface area contributed by atoms with Crippen LogP contribution in [0.25, 0.3) is 0 Å². The van der Waals surface area contributed by atoms with E-state index in [1.165, 1.54) is 4.90 Å². The van der Waals surface area contributed by atoms with Gasteiger partial charge in [-0.3, -0.25) is 0 Å². The lowest BCUT2D eigenvalue weighted by Crippen LogP contribution is -2.66. The molecule has 2 amide bonds. The van der Waals surface area contributed by atoms with Crippen molar-refractivity contribution >= 4 is 6.03 Å². The van der Waals surface area contributed by atoms with Crippen LogP contribution in [0.15, 0.2) is 54.6 Å². The van der Waals surface area contributed by atoms with E-state index >= 15 is 0 Å². The average Bonchev–Trinajstić information content (AvgIpc) is 2.67. The lowest BCUT2D eigenvalue weighted by molar-refractivity contribution is -0.0114. The van der Waals surface area contributed by atoms with Crippen LogP contribution in [0.4, 0.5) is 4.79 Å². The highest BCUT2D eigenvalue weighted by Gasteiger charge is 2.40. The zero-order valence-electron chi connectivity index (χ0n) is 14.7. The zero-order chi connectivity index (χ0) is 18.5. The van der Waals surface area contributed by atoms with Crippen LogP contribution in [-0.4, -0.2) is 53.0 Å². The van der Waals surface area contributed by atoms with Crippen molar-refractivity contribution in [3.8, 4) is 5.75 Å². The highest BCUT2D eigenvalue weighted by Crippen LogP contribution is 2.21. The van der Waals surface area contributed by atoms with E-state index in [-0.39, 0.29) is 12.6 Å². The first-order valence-electron chi connectivity index (χ1n) is 8.65. The van der Waals surface area contributed by atoms with Crippen molar-refractivity contribution in [1.29, 1.82) is 0 Å². The number of carbonyl (C=O) groups excluding carboxylic acids is 1. The maximum Gasteiger partial charge on any atom is 0.318 e. The quantitative estimate of drug-likeness (QED) is 0.734. The Morgan fingerprint density at radius 2 is 1.77 bits per heavy atom.